The fraction of sp³-hybridized carbons (Fsp3) is 0.316. The molecule has 0 aromatic heterocycles. The highest BCUT2D eigenvalue weighted by Gasteiger charge is 2.37. The molecule has 1 heterocycles. The van der Waals surface area contributed by atoms with Gasteiger partial charge >= 0.3 is 0 Å². The van der Waals surface area contributed by atoms with Crippen LogP contribution in [0.5, 0.6) is 0 Å². The normalized spacial score (nSPS) is 15.5. The number of carbonyl (C=O) groups excluding carboxylic acids is 1. The number of likely N-dealkylation sites (tertiary alicyclic amines) is 1. The molecule has 2 aromatic rings. The zero-order valence-electron chi connectivity index (χ0n) is 12.9. The van der Waals surface area contributed by atoms with E-state index in [0.29, 0.717) is 6.54 Å². The van der Waals surface area contributed by atoms with Crippen molar-refractivity contribution in [3.05, 3.63) is 71.8 Å². The van der Waals surface area contributed by atoms with Crippen LogP contribution in [0.3, 0.4) is 0 Å². The van der Waals surface area contributed by atoms with E-state index in [0.717, 1.165) is 13.1 Å². The van der Waals surface area contributed by atoms with E-state index in [1.165, 1.54) is 11.1 Å². The molecule has 1 aliphatic heterocycles. The topological polar surface area (TPSA) is 32.3 Å². The van der Waals surface area contributed by atoms with Gasteiger partial charge in [-0.15, -0.1) is 0 Å². The first-order valence-corrected chi connectivity index (χ1v) is 7.91. The molecule has 0 aliphatic carbocycles. The molecule has 3 heteroatoms. The summed E-state index contributed by atoms with van der Waals surface area (Å²) in [7, 11) is 0. The number of hydrogen-bond donors (Lipinski definition) is 1. The quantitative estimate of drug-likeness (QED) is 0.919. The second kappa shape index (κ2) is 6.75. The summed E-state index contributed by atoms with van der Waals surface area (Å²) in [5.41, 5.74) is 2.56. The molecule has 1 saturated heterocycles. The molecule has 0 saturated carbocycles. The molecule has 1 aliphatic rings. The van der Waals surface area contributed by atoms with E-state index in [1.807, 2.05) is 19.1 Å². The van der Waals surface area contributed by atoms with E-state index in [-0.39, 0.29) is 17.9 Å². The Morgan fingerprint density at radius 3 is 2.00 bits per heavy atom. The van der Waals surface area contributed by atoms with Gasteiger partial charge in [0.15, 0.2) is 0 Å². The molecule has 0 bridgehead atoms. The van der Waals surface area contributed by atoms with E-state index < -0.39 is 0 Å². The monoisotopic (exact) mass is 294 g/mol. The molecule has 3 nitrogen and oxygen atoms in total. The molecule has 3 rings (SSSR count). The van der Waals surface area contributed by atoms with Crippen LogP contribution in [0.25, 0.3) is 0 Å². The molecule has 2 aromatic carbocycles. The molecule has 0 atom stereocenters. The van der Waals surface area contributed by atoms with Crippen molar-refractivity contribution in [3.63, 3.8) is 0 Å². The van der Waals surface area contributed by atoms with E-state index in [1.54, 1.807) is 0 Å². The van der Waals surface area contributed by atoms with Crippen molar-refractivity contribution in [2.45, 2.75) is 13.0 Å². The standard InChI is InChI=1S/C19H22N2O/c1-2-20-19(22)17-13-21(14-17)18(15-9-5-3-6-10-15)16-11-7-4-8-12-16/h3-12,17-18H,2,13-14H2,1H3,(H,20,22). The van der Waals surface area contributed by atoms with Crippen molar-refractivity contribution in [2.75, 3.05) is 19.6 Å². The van der Waals surface area contributed by atoms with Gasteiger partial charge in [0.25, 0.3) is 0 Å². The first-order valence-electron chi connectivity index (χ1n) is 7.91. The van der Waals surface area contributed by atoms with Crippen molar-refractivity contribution >= 4 is 5.91 Å². The van der Waals surface area contributed by atoms with Crippen LogP contribution in [0, 0.1) is 5.92 Å². The fourth-order valence-corrected chi connectivity index (χ4v) is 3.09. The summed E-state index contributed by atoms with van der Waals surface area (Å²) >= 11 is 0. The first kappa shape index (κ1) is 14.8. The molecule has 114 valence electrons. The largest absolute Gasteiger partial charge is 0.356 e. The summed E-state index contributed by atoms with van der Waals surface area (Å²) in [4.78, 5) is 14.3. The maximum Gasteiger partial charge on any atom is 0.225 e. The lowest BCUT2D eigenvalue weighted by molar-refractivity contribution is -0.130. The number of nitrogens with one attached hydrogen (secondary N) is 1. The molecule has 22 heavy (non-hydrogen) atoms. The first-order chi connectivity index (χ1) is 10.8. The zero-order valence-corrected chi connectivity index (χ0v) is 12.9. The number of rotatable bonds is 5. The summed E-state index contributed by atoms with van der Waals surface area (Å²) in [5, 5.41) is 2.92. The lowest BCUT2D eigenvalue weighted by Gasteiger charge is -2.44. The van der Waals surface area contributed by atoms with Gasteiger partial charge in [-0.2, -0.15) is 0 Å². The minimum absolute atomic E-state index is 0.120. The van der Waals surface area contributed by atoms with Gasteiger partial charge in [-0.1, -0.05) is 60.7 Å². The van der Waals surface area contributed by atoms with Crippen LogP contribution in [0.2, 0.25) is 0 Å². The average Bonchev–Trinajstić information content (AvgIpc) is 2.52. The third-order valence-corrected chi connectivity index (χ3v) is 4.23. The second-order valence-electron chi connectivity index (χ2n) is 5.77. The van der Waals surface area contributed by atoms with Crippen LogP contribution >= 0.6 is 0 Å². The van der Waals surface area contributed by atoms with Gasteiger partial charge in [-0.3, -0.25) is 9.69 Å². The van der Waals surface area contributed by atoms with Gasteiger partial charge in [0.05, 0.1) is 12.0 Å². The van der Waals surface area contributed by atoms with Crippen LogP contribution in [0.15, 0.2) is 60.7 Å². The highest BCUT2D eigenvalue weighted by Crippen LogP contribution is 2.34. The summed E-state index contributed by atoms with van der Waals surface area (Å²) in [5.74, 6) is 0.300. The van der Waals surface area contributed by atoms with Crippen LogP contribution < -0.4 is 5.32 Å². The lowest BCUT2D eigenvalue weighted by atomic mass is 9.90. The third-order valence-electron chi connectivity index (χ3n) is 4.23. The number of hydrogen-bond acceptors (Lipinski definition) is 2. The van der Waals surface area contributed by atoms with Crippen LogP contribution in [-0.2, 0) is 4.79 Å². The molecule has 0 unspecified atom stereocenters. The molecule has 1 N–H and O–H groups in total. The predicted octanol–water partition coefficient (Wildman–Crippen LogP) is 2.84. The van der Waals surface area contributed by atoms with Gasteiger partial charge in [0.1, 0.15) is 0 Å². The molecule has 0 radical (unpaired) electrons. The van der Waals surface area contributed by atoms with Crippen molar-refractivity contribution < 1.29 is 4.79 Å². The van der Waals surface area contributed by atoms with E-state index in [9.17, 15) is 4.79 Å². The summed E-state index contributed by atoms with van der Waals surface area (Å²) in [6.45, 7) is 4.31. The van der Waals surface area contributed by atoms with Gasteiger partial charge in [-0.25, -0.2) is 0 Å². The minimum atomic E-state index is 0.120. The SMILES string of the molecule is CCNC(=O)C1CN(C(c2ccccc2)c2ccccc2)C1. The Morgan fingerprint density at radius 1 is 1.05 bits per heavy atom. The van der Waals surface area contributed by atoms with Crippen molar-refractivity contribution in [1.29, 1.82) is 0 Å². The Balaban J connectivity index is 1.79. The van der Waals surface area contributed by atoms with Gasteiger partial charge in [0.2, 0.25) is 5.91 Å². The fourth-order valence-electron chi connectivity index (χ4n) is 3.09. The molecular formula is C19H22N2O. The Kier molecular flexibility index (Phi) is 4.54. The molecule has 1 fully saturated rings. The minimum Gasteiger partial charge on any atom is -0.356 e. The summed E-state index contributed by atoms with van der Waals surface area (Å²) < 4.78 is 0. The molecular weight excluding hydrogens is 272 g/mol. The van der Waals surface area contributed by atoms with E-state index in [4.69, 9.17) is 0 Å². The average molecular weight is 294 g/mol. The van der Waals surface area contributed by atoms with Gasteiger partial charge in [0, 0.05) is 19.6 Å². The smallest absolute Gasteiger partial charge is 0.225 e. The predicted molar refractivity (Wildman–Crippen MR) is 88.5 cm³/mol. The Morgan fingerprint density at radius 2 is 1.55 bits per heavy atom. The van der Waals surface area contributed by atoms with Crippen LogP contribution in [0.4, 0.5) is 0 Å². The third kappa shape index (κ3) is 3.04. The van der Waals surface area contributed by atoms with E-state index in [2.05, 4.69) is 58.7 Å². The molecule has 1 amide bonds. The lowest BCUT2D eigenvalue weighted by Crippen LogP contribution is -2.54. The maximum absolute atomic E-state index is 11.9. The highest BCUT2D eigenvalue weighted by molar-refractivity contribution is 5.80. The maximum atomic E-state index is 11.9. The number of carbonyl (C=O) groups is 1. The Bertz CT molecular complexity index is 566. The Labute approximate surface area is 132 Å². The van der Waals surface area contributed by atoms with Crippen LogP contribution in [0.1, 0.15) is 24.1 Å². The molecule has 0 spiro atoms. The van der Waals surface area contributed by atoms with Crippen molar-refractivity contribution in [2.24, 2.45) is 5.92 Å². The summed E-state index contributed by atoms with van der Waals surface area (Å²) in [6, 6.07) is 21.3. The van der Waals surface area contributed by atoms with Gasteiger partial charge in [-0.05, 0) is 18.1 Å². The highest BCUT2D eigenvalue weighted by atomic mass is 16.2. The zero-order chi connectivity index (χ0) is 15.4. The second-order valence-corrected chi connectivity index (χ2v) is 5.77. The van der Waals surface area contributed by atoms with Crippen molar-refractivity contribution in [3.8, 4) is 0 Å². The summed E-state index contributed by atoms with van der Waals surface area (Å²) in [6.07, 6.45) is 0. The van der Waals surface area contributed by atoms with Gasteiger partial charge < -0.3 is 5.32 Å². The number of amides is 1. The van der Waals surface area contributed by atoms with Crippen molar-refractivity contribution in [1.82, 2.24) is 10.2 Å². The van der Waals surface area contributed by atoms with E-state index >= 15 is 0 Å². The number of benzene rings is 2. The van der Waals surface area contributed by atoms with Crippen LogP contribution in [-0.4, -0.2) is 30.4 Å². The Hall–Kier alpha value is -2.13. The number of nitrogens with zero attached hydrogens (tertiary/aromatic N) is 1.